The molecule has 0 heterocycles. The molecule has 0 aromatic heterocycles. The van der Waals surface area contributed by atoms with Gasteiger partial charge < -0.3 is 20.3 Å². The molecule has 4 rings (SSSR count). The maximum absolute atomic E-state index is 14.5. The summed E-state index contributed by atoms with van der Waals surface area (Å²) in [7, 11) is 0. The Morgan fingerprint density at radius 1 is 0.902 bits per heavy atom. The van der Waals surface area contributed by atoms with Gasteiger partial charge in [-0.3, -0.25) is 9.59 Å². The van der Waals surface area contributed by atoms with Gasteiger partial charge in [0.2, 0.25) is 5.91 Å². The minimum absolute atomic E-state index is 0.116. The SMILES string of the molecule is Cc1cc(C)cc(C(C(=O)Nc2ccccc2C)N(C(=O)C(Cc2ccccc2)NC(=O)OC(C)(C)C)C2CC2)c1. The van der Waals surface area contributed by atoms with E-state index in [0.29, 0.717) is 5.69 Å². The summed E-state index contributed by atoms with van der Waals surface area (Å²) in [4.78, 5) is 43.3. The normalized spacial score (nSPS) is 14.5. The van der Waals surface area contributed by atoms with E-state index in [1.54, 1.807) is 25.7 Å². The molecule has 1 aliphatic rings. The van der Waals surface area contributed by atoms with Crippen LogP contribution in [0.15, 0.2) is 72.8 Å². The predicted octanol–water partition coefficient (Wildman–Crippen LogP) is 6.42. The monoisotopic (exact) mass is 555 g/mol. The van der Waals surface area contributed by atoms with Gasteiger partial charge in [0.15, 0.2) is 0 Å². The van der Waals surface area contributed by atoms with Gasteiger partial charge in [0.05, 0.1) is 0 Å². The van der Waals surface area contributed by atoms with Crippen LogP contribution in [0.2, 0.25) is 0 Å². The van der Waals surface area contributed by atoms with Gasteiger partial charge in [0.1, 0.15) is 17.7 Å². The number of anilines is 1. The number of ether oxygens (including phenoxy) is 1. The van der Waals surface area contributed by atoms with E-state index in [1.165, 1.54) is 0 Å². The fourth-order valence-electron chi connectivity index (χ4n) is 5.07. The molecule has 0 saturated heterocycles. The number of carbonyl (C=O) groups is 3. The Kier molecular flexibility index (Phi) is 9.16. The summed E-state index contributed by atoms with van der Waals surface area (Å²) in [6, 6.07) is 21.2. The average Bonchev–Trinajstić information content (AvgIpc) is 3.72. The number of carbonyl (C=O) groups excluding carboxylic acids is 3. The van der Waals surface area contributed by atoms with Gasteiger partial charge in [0, 0.05) is 18.2 Å². The highest BCUT2D eigenvalue weighted by atomic mass is 16.6. The van der Waals surface area contributed by atoms with Crippen molar-refractivity contribution in [3.8, 4) is 0 Å². The molecule has 41 heavy (non-hydrogen) atoms. The Morgan fingerprint density at radius 2 is 1.51 bits per heavy atom. The van der Waals surface area contributed by atoms with E-state index in [4.69, 9.17) is 4.74 Å². The molecule has 7 heteroatoms. The third-order valence-corrected chi connectivity index (χ3v) is 6.96. The second-order valence-corrected chi connectivity index (χ2v) is 12.0. The second kappa shape index (κ2) is 12.6. The highest BCUT2D eigenvalue weighted by molar-refractivity contribution is 5.99. The topological polar surface area (TPSA) is 87.7 Å². The Labute approximate surface area is 243 Å². The van der Waals surface area contributed by atoms with Crippen molar-refractivity contribution in [1.82, 2.24) is 10.2 Å². The maximum Gasteiger partial charge on any atom is 0.408 e. The van der Waals surface area contributed by atoms with Gasteiger partial charge in [-0.05, 0) is 77.1 Å². The van der Waals surface area contributed by atoms with Gasteiger partial charge in [0.25, 0.3) is 5.91 Å². The van der Waals surface area contributed by atoms with Crippen molar-refractivity contribution < 1.29 is 19.1 Å². The average molecular weight is 556 g/mol. The van der Waals surface area contributed by atoms with E-state index < -0.39 is 23.8 Å². The molecule has 7 nitrogen and oxygen atoms in total. The third kappa shape index (κ3) is 8.19. The smallest absolute Gasteiger partial charge is 0.408 e. The lowest BCUT2D eigenvalue weighted by atomic mass is 9.97. The number of rotatable bonds is 9. The molecule has 0 aliphatic heterocycles. The first-order valence-electron chi connectivity index (χ1n) is 14.2. The van der Waals surface area contributed by atoms with Gasteiger partial charge in [-0.2, -0.15) is 0 Å². The molecule has 0 bridgehead atoms. The van der Waals surface area contributed by atoms with Gasteiger partial charge in [-0.1, -0.05) is 77.9 Å². The quantitative estimate of drug-likeness (QED) is 0.319. The summed E-state index contributed by atoms with van der Waals surface area (Å²) in [5, 5.41) is 5.91. The molecule has 0 radical (unpaired) electrons. The van der Waals surface area contributed by atoms with E-state index in [0.717, 1.165) is 40.7 Å². The lowest BCUT2D eigenvalue weighted by Crippen LogP contribution is -2.54. The molecular formula is C34H41N3O4. The summed E-state index contributed by atoms with van der Waals surface area (Å²) in [5.74, 6) is -0.605. The minimum atomic E-state index is -0.924. The number of hydrogen-bond donors (Lipinski definition) is 2. The Morgan fingerprint density at radius 3 is 2.10 bits per heavy atom. The van der Waals surface area contributed by atoms with Crippen molar-refractivity contribution in [3.05, 3.63) is 101 Å². The molecule has 1 fully saturated rings. The largest absolute Gasteiger partial charge is 0.444 e. The number of benzene rings is 3. The lowest BCUT2D eigenvalue weighted by molar-refractivity contribution is -0.141. The second-order valence-electron chi connectivity index (χ2n) is 12.0. The van der Waals surface area contributed by atoms with E-state index in [1.807, 2.05) is 93.6 Å². The van der Waals surface area contributed by atoms with Crippen molar-refractivity contribution in [1.29, 1.82) is 0 Å². The molecule has 2 N–H and O–H groups in total. The summed E-state index contributed by atoms with van der Waals surface area (Å²) in [6.45, 7) is 11.2. The number of hydrogen-bond acceptors (Lipinski definition) is 4. The molecular weight excluding hydrogens is 514 g/mol. The van der Waals surface area contributed by atoms with Gasteiger partial charge in [-0.15, -0.1) is 0 Å². The minimum Gasteiger partial charge on any atom is -0.444 e. The van der Waals surface area contributed by atoms with Crippen LogP contribution in [0.3, 0.4) is 0 Å². The lowest BCUT2D eigenvalue weighted by Gasteiger charge is -2.35. The van der Waals surface area contributed by atoms with Gasteiger partial charge in [-0.25, -0.2) is 4.79 Å². The zero-order valence-electron chi connectivity index (χ0n) is 24.9. The summed E-state index contributed by atoms with van der Waals surface area (Å²) < 4.78 is 5.53. The molecule has 3 aromatic carbocycles. The van der Waals surface area contributed by atoms with E-state index in [9.17, 15) is 14.4 Å². The van der Waals surface area contributed by atoms with Crippen molar-refractivity contribution in [2.75, 3.05) is 5.32 Å². The summed E-state index contributed by atoms with van der Waals surface area (Å²) in [5.41, 5.74) is 4.54. The Balaban J connectivity index is 1.75. The van der Waals surface area contributed by atoms with Crippen LogP contribution in [0.25, 0.3) is 0 Å². The molecule has 2 unspecified atom stereocenters. The van der Waals surface area contributed by atoms with Crippen LogP contribution in [-0.2, 0) is 20.7 Å². The number of alkyl carbamates (subject to hydrolysis) is 1. The first-order chi connectivity index (χ1) is 19.4. The van der Waals surface area contributed by atoms with Crippen molar-refractivity contribution in [2.24, 2.45) is 0 Å². The number of para-hydroxylation sites is 1. The van der Waals surface area contributed by atoms with Crippen LogP contribution in [0, 0.1) is 20.8 Å². The molecule has 1 aliphatic carbocycles. The van der Waals surface area contributed by atoms with Crippen molar-refractivity contribution in [3.63, 3.8) is 0 Å². The third-order valence-electron chi connectivity index (χ3n) is 6.96. The summed E-state index contributed by atoms with van der Waals surface area (Å²) >= 11 is 0. The molecule has 216 valence electrons. The molecule has 3 amide bonds. The highest BCUT2D eigenvalue weighted by Gasteiger charge is 2.44. The van der Waals surface area contributed by atoms with Gasteiger partial charge >= 0.3 is 6.09 Å². The van der Waals surface area contributed by atoms with Crippen molar-refractivity contribution in [2.45, 2.75) is 84.5 Å². The standard InChI is InChI=1S/C34H41N3O4/c1-22-18-23(2)20-26(19-22)30(31(38)35-28-15-11-10-12-24(28)3)37(27-16-17-27)32(39)29(21-25-13-8-7-9-14-25)36-33(40)41-34(4,5)6/h7-15,18-20,27,29-30H,16-17,21H2,1-6H3,(H,35,38)(H,36,40). The van der Waals surface area contributed by atoms with Crippen LogP contribution in [0.4, 0.5) is 10.5 Å². The highest BCUT2D eigenvalue weighted by Crippen LogP contribution is 2.37. The number of nitrogens with zero attached hydrogens (tertiary/aromatic N) is 1. The summed E-state index contributed by atoms with van der Waals surface area (Å²) in [6.07, 6.45) is 1.17. The molecule has 2 atom stereocenters. The van der Waals surface area contributed by atoms with E-state index in [-0.39, 0.29) is 24.3 Å². The first-order valence-corrected chi connectivity index (χ1v) is 14.2. The van der Waals surface area contributed by atoms with Crippen LogP contribution in [0.1, 0.15) is 67.5 Å². The maximum atomic E-state index is 14.5. The van der Waals surface area contributed by atoms with Crippen LogP contribution < -0.4 is 10.6 Å². The zero-order chi connectivity index (χ0) is 29.7. The Hall–Kier alpha value is -4.13. The first kappa shape index (κ1) is 29.8. The number of amides is 3. The van der Waals surface area contributed by atoms with Crippen molar-refractivity contribution >= 4 is 23.6 Å². The zero-order valence-corrected chi connectivity index (χ0v) is 24.9. The van der Waals surface area contributed by atoms with Crippen LogP contribution in [-0.4, -0.2) is 40.5 Å². The Bertz CT molecular complexity index is 1370. The number of aryl methyl sites for hydroxylation is 3. The van der Waals surface area contributed by atoms with Crippen LogP contribution in [0.5, 0.6) is 0 Å². The van der Waals surface area contributed by atoms with E-state index in [2.05, 4.69) is 10.6 Å². The molecule has 0 spiro atoms. The predicted molar refractivity (Wildman–Crippen MR) is 162 cm³/mol. The fraction of sp³-hybridized carbons (Fsp3) is 0.382. The number of nitrogens with one attached hydrogen (secondary N) is 2. The van der Waals surface area contributed by atoms with E-state index >= 15 is 0 Å². The molecule has 1 saturated carbocycles. The molecule has 3 aromatic rings. The fourth-order valence-corrected chi connectivity index (χ4v) is 5.07. The van der Waals surface area contributed by atoms with Crippen LogP contribution >= 0.6 is 0 Å².